The number of furan rings is 1. The van der Waals surface area contributed by atoms with Crippen molar-refractivity contribution in [1.29, 1.82) is 0 Å². The molecule has 2 heterocycles. The SMILES string of the molecule is O=C(O)c1cc(-c2c(F)cc(F)c3occc23)no1. The summed E-state index contributed by atoms with van der Waals surface area (Å²) in [5.74, 6) is -3.49. The average Bonchev–Trinajstić information content (AvgIpc) is 2.97. The highest BCUT2D eigenvalue weighted by atomic mass is 19.1. The second-order valence-electron chi connectivity index (χ2n) is 3.76. The molecule has 1 aromatic carbocycles. The number of aromatic carboxylic acids is 1. The molecular formula is C12H5F2NO4. The minimum atomic E-state index is -1.33. The third kappa shape index (κ3) is 1.67. The van der Waals surface area contributed by atoms with Gasteiger partial charge >= 0.3 is 5.97 Å². The van der Waals surface area contributed by atoms with Gasteiger partial charge in [-0.15, -0.1) is 0 Å². The van der Waals surface area contributed by atoms with E-state index in [0.29, 0.717) is 6.07 Å². The highest BCUT2D eigenvalue weighted by Crippen LogP contribution is 2.33. The normalized spacial score (nSPS) is 11.1. The van der Waals surface area contributed by atoms with E-state index in [1.54, 1.807) is 0 Å². The Kier molecular flexibility index (Phi) is 2.34. The summed E-state index contributed by atoms with van der Waals surface area (Å²) in [5, 5.41) is 12.3. The first-order valence-electron chi connectivity index (χ1n) is 5.13. The molecule has 0 unspecified atom stereocenters. The van der Waals surface area contributed by atoms with Gasteiger partial charge < -0.3 is 14.0 Å². The summed E-state index contributed by atoms with van der Waals surface area (Å²) in [6.45, 7) is 0. The Morgan fingerprint density at radius 1 is 1.26 bits per heavy atom. The molecule has 0 fully saturated rings. The summed E-state index contributed by atoms with van der Waals surface area (Å²) >= 11 is 0. The maximum Gasteiger partial charge on any atom is 0.374 e. The van der Waals surface area contributed by atoms with E-state index < -0.39 is 23.4 Å². The Morgan fingerprint density at radius 2 is 2.05 bits per heavy atom. The van der Waals surface area contributed by atoms with Crippen molar-refractivity contribution < 1.29 is 27.6 Å². The number of benzene rings is 1. The van der Waals surface area contributed by atoms with Crippen molar-refractivity contribution in [1.82, 2.24) is 5.16 Å². The van der Waals surface area contributed by atoms with Gasteiger partial charge in [0.2, 0.25) is 5.76 Å². The van der Waals surface area contributed by atoms with Crippen molar-refractivity contribution in [3.8, 4) is 11.3 Å². The van der Waals surface area contributed by atoms with E-state index >= 15 is 0 Å². The van der Waals surface area contributed by atoms with Gasteiger partial charge in [0.25, 0.3) is 0 Å². The number of fused-ring (bicyclic) bond motifs is 1. The number of hydrogen-bond donors (Lipinski definition) is 1. The predicted octanol–water partition coefficient (Wildman–Crippen LogP) is 3.06. The van der Waals surface area contributed by atoms with E-state index in [1.807, 2.05) is 0 Å². The first-order valence-corrected chi connectivity index (χ1v) is 5.13. The molecule has 0 aliphatic heterocycles. The molecule has 0 saturated carbocycles. The average molecular weight is 265 g/mol. The maximum atomic E-state index is 13.8. The molecule has 96 valence electrons. The van der Waals surface area contributed by atoms with Crippen LogP contribution in [0.25, 0.3) is 22.2 Å². The van der Waals surface area contributed by atoms with Crippen LogP contribution in [0.4, 0.5) is 8.78 Å². The van der Waals surface area contributed by atoms with Gasteiger partial charge in [0.15, 0.2) is 11.4 Å². The third-order valence-corrected chi connectivity index (χ3v) is 2.62. The van der Waals surface area contributed by atoms with Crippen LogP contribution >= 0.6 is 0 Å². The Labute approximate surface area is 104 Å². The molecule has 0 amide bonds. The van der Waals surface area contributed by atoms with Gasteiger partial charge in [-0.05, 0) is 6.07 Å². The lowest BCUT2D eigenvalue weighted by molar-refractivity contribution is 0.0652. The quantitative estimate of drug-likeness (QED) is 0.770. The van der Waals surface area contributed by atoms with Crippen LogP contribution in [0.5, 0.6) is 0 Å². The van der Waals surface area contributed by atoms with Crippen LogP contribution in [-0.4, -0.2) is 16.2 Å². The Bertz CT molecular complexity index is 790. The molecule has 3 aromatic rings. The molecule has 0 aliphatic rings. The lowest BCUT2D eigenvalue weighted by Crippen LogP contribution is -1.92. The molecule has 3 rings (SSSR count). The molecule has 7 heteroatoms. The Balaban J connectivity index is 2.29. The number of carbonyl (C=O) groups is 1. The topological polar surface area (TPSA) is 76.5 Å². The standard InChI is InChI=1S/C12H5F2NO4/c13-6-3-7(14)11-5(1-2-18-11)10(6)8-4-9(12(16)17)19-15-8/h1-4H,(H,16,17). The van der Waals surface area contributed by atoms with Crippen LogP contribution in [-0.2, 0) is 0 Å². The monoisotopic (exact) mass is 265 g/mol. The van der Waals surface area contributed by atoms with Gasteiger partial charge in [-0.2, -0.15) is 0 Å². The van der Waals surface area contributed by atoms with E-state index in [-0.39, 0.29) is 22.2 Å². The zero-order chi connectivity index (χ0) is 13.6. The summed E-state index contributed by atoms with van der Waals surface area (Å²) in [5.41, 5.74) is -0.237. The van der Waals surface area contributed by atoms with Crippen LogP contribution in [0.15, 0.2) is 33.4 Å². The number of rotatable bonds is 2. The molecule has 2 aromatic heterocycles. The third-order valence-electron chi connectivity index (χ3n) is 2.62. The fourth-order valence-electron chi connectivity index (χ4n) is 1.82. The molecular weight excluding hydrogens is 260 g/mol. The molecule has 0 spiro atoms. The largest absolute Gasteiger partial charge is 0.475 e. The smallest absolute Gasteiger partial charge is 0.374 e. The molecule has 0 saturated heterocycles. The number of halogens is 2. The van der Waals surface area contributed by atoms with Crippen LogP contribution in [0.2, 0.25) is 0 Å². The number of nitrogens with zero attached hydrogens (tertiary/aromatic N) is 1. The highest BCUT2D eigenvalue weighted by Gasteiger charge is 2.20. The highest BCUT2D eigenvalue weighted by molar-refractivity contribution is 5.95. The van der Waals surface area contributed by atoms with Gasteiger partial charge in [-0.1, -0.05) is 5.16 Å². The van der Waals surface area contributed by atoms with Crippen molar-refractivity contribution in [3.63, 3.8) is 0 Å². The summed E-state index contributed by atoms with van der Waals surface area (Å²) in [4.78, 5) is 10.7. The summed E-state index contributed by atoms with van der Waals surface area (Å²) in [6.07, 6.45) is 1.20. The fourth-order valence-corrected chi connectivity index (χ4v) is 1.82. The van der Waals surface area contributed by atoms with Crippen LogP contribution in [0.3, 0.4) is 0 Å². The van der Waals surface area contributed by atoms with Crippen molar-refractivity contribution >= 4 is 16.9 Å². The first kappa shape index (κ1) is 11.4. The predicted molar refractivity (Wildman–Crippen MR) is 58.6 cm³/mol. The second kappa shape index (κ2) is 3.91. The number of carboxylic acid groups (broad SMARTS) is 1. The number of carboxylic acids is 1. The van der Waals surface area contributed by atoms with Gasteiger partial charge in [-0.25, -0.2) is 13.6 Å². The molecule has 5 nitrogen and oxygen atoms in total. The Hall–Kier alpha value is -2.70. The van der Waals surface area contributed by atoms with Crippen molar-refractivity contribution in [3.05, 3.63) is 41.9 Å². The van der Waals surface area contributed by atoms with E-state index in [0.717, 1.165) is 6.07 Å². The summed E-state index contributed by atoms with van der Waals surface area (Å²) < 4.78 is 36.7. The minimum Gasteiger partial charge on any atom is -0.475 e. The van der Waals surface area contributed by atoms with E-state index in [2.05, 4.69) is 9.68 Å². The first-order chi connectivity index (χ1) is 9.08. The molecule has 0 atom stereocenters. The van der Waals surface area contributed by atoms with Gasteiger partial charge in [-0.3, -0.25) is 0 Å². The van der Waals surface area contributed by atoms with Gasteiger partial charge in [0.1, 0.15) is 11.5 Å². The summed E-state index contributed by atoms with van der Waals surface area (Å²) in [7, 11) is 0. The lowest BCUT2D eigenvalue weighted by Gasteiger charge is -2.01. The van der Waals surface area contributed by atoms with E-state index in [1.165, 1.54) is 12.3 Å². The zero-order valence-electron chi connectivity index (χ0n) is 9.18. The minimum absolute atomic E-state index is 0.0405. The van der Waals surface area contributed by atoms with Gasteiger partial charge in [0, 0.05) is 17.5 Å². The van der Waals surface area contributed by atoms with Crippen LogP contribution < -0.4 is 0 Å². The number of aromatic nitrogens is 1. The molecule has 0 radical (unpaired) electrons. The molecule has 0 aliphatic carbocycles. The van der Waals surface area contributed by atoms with E-state index in [9.17, 15) is 13.6 Å². The second-order valence-corrected chi connectivity index (χ2v) is 3.76. The number of hydrogen-bond acceptors (Lipinski definition) is 4. The molecule has 1 N–H and O–H groups in total. The van der Waals surface area contributed by atoms with Crippen LogP contribution in [0, 0.1) is 11.6 Å². The van der Waals surface area contributed by atoms with Crippen LogP contribution in [0.1, 0.15) is 10.6 Å². The molecule has 0 bridgehead atoms. The van der Waals surface area contributed by atoms with Crippen molar-refractivity contribution in [2.45, 2.75) is 0 Å². The van der Waals surface area contributed by atoms with Crippen molar-refractivity contribution in [2.75, 3.05) is 0 Å². The molecule has 19 heavy (non-hydrogen) atoms. The Morgan fingerprint density at radius 3 is 2.74 bits per heavy atom. The lowest BCUT2D eigenvalue weighted by atomic mass is 10.1. The van der Waals surface area contributed by atoms with Gasteiger partial charge in [0.05, 0.1) is 11.8 Å². The zero-order valence-corrected chi connectivity index (χ0v) is 9.18. The van der Waals surface area contributed by atoms with Crippen molar-refractivity contribution in [2.24, 2.45) is 0 Å². The summed E-state index contributed by atoms with van der Waals surface area (Å²) in [6, 6.07) is 3.08. The fraction of sp³-hybridized carbons (Fsp3) is 0. The maximum absolute atomic E-state index is 13.8. The van der Waals surface area contributed by atoms with E-state index in [4.69, 9.17) is 9.52 Å².